The number of nitrogens with zero attached hydrogens (tertiary/aromatic N) is 4. The van der Waals surface area contributed by atoms with Gasteiger partial charge in [0.2, 0.25) is 5.88 Å². The number of aryl methyl sites for hydroxylation is 2. The topological polar surface area (TPSA) is 69.5 Å². The van der Waals surface area contributed by atoms with E-state index < -0.39 is 0 Å². The van der Waals surface area contributed by atoms with Crippen molar-refractivity contribution in [2.75, 3.05) is 26.8 Å². The third-order valence-corrected chi connectivity index (χ3v) is 3.87. The van der Waals surface area contributed by atoms with E-state index in [1.165, 1.54) is 6.20 Å². The zero-order valence-electron chi connectivity index (χ0n) is 13.5. The van der Waals surface area contributed by atoms with Crippen LogP contribution in [-0.4, -0.2) is 52.1 Å². The van der Waals surface area contributed by atoms with Gasteiger partial charge in [-0.2, -0.15) is 0 Å². The lowest BCUT2D eigenvalue weighted by Gasteiger charge is -2.32. The van der Waals surface area contributed by atoms with Gasteiger partial charge in [-0.15, -0.1) is 0 Å². The van der Waals surface area contributed by atoms with Crippen molar-refractivity contribution in [3.8, 4) is 5.88 Å². The minimum atomic E-state index is -0.211. The molecule has 0 radical (unpaired) electrons. The number of carbonyl (C=O) groups is 1. The molecule has 2 aromatic rings. The highest BCUT2D eigenvalue weighted by Crippen LogP contribution is 2.22. The van der Waals surface area contributed by atoms with Crippen molar-refractivity contribution < 1.29 is 14.3 Å². The Morgan fingerprint density at radius 3 is 2.87 bits per heavy atom. The summed E-state index contributed by atoms with van der Waals surface area (Å²) in [6.45, 7) is 3.48. The van der Waals surface area contributed by atoms with Crippen LogP contribution in [0.3, 0.4) is 0 Å². The molecule has 0 spiro atoms. The molecule has 23 heavy (non-hydrogen) atoms. The summed E-state index contributed by atoms with van der Waals surface area (Å²) in [5, 5.41) is 0. The van der Waals surface area contributed by atoms with Crippen molar-refractivity contribution in [1.29, 1.82) is 0 Å². The van der Waals surface area contributed by atoms with Gasteiger partial charge in [-0.05, 0) is 13.0 Å². The fraction of sp³-hybridized carbons (Fsp3) is 0.438. The maximum Gasteiger partial charge on any atom is 0.255 e. The predicted molar refractivity (Wildman–Crippen MR) is 83.3 cm³/mol. The van der Waals surface area contributed by atoms with Crippen LogP contribution in [0.15, 0.2) is 24.5 Å². The number of pyridine rings is 1. The van der Waals surface area contributed by atoms with Crippen LogP contribution in [0.1, 0.15) is 28.0 Å². The van der Waals surface area contributed by atoms with Crippen LogP contribution in [0.5, 0.6) is 5.88 Å². The average molecular weight is 316 g/mol. The first kappa shape index (κ1) is 15.5. The smallest absolute Gasteiger partial charge is 0.255 e. The number of hydrogen-bond acceptors (Lipinski definition) is 5. The number of morpholine rings is 1. The van der Waals surface area contributed by atoms with E-state index in [1.807, 2.05) is 24.7 Å². The minimum absolute atomic E-state index is 0.0561. The summed E-state index contributed by atoms with van der Waals surface area (Å²) in [5.74, 6) is 1.28. The first-order chi connectivity index (χ1) is 11.1. The molecule has 0 bridgehead atoms. The van der Waals surface area contributed by atoms with Crippen molar-refractivity contribution in [2.24, 2.45) is 7.05 Å². The SMILES string of the molecule is COc1ccc(C(=O)N2CCOC(c3nc(C)cn3C)C2)cn1. The number of ether oxygens (including phenoxy) is 2. The quantitative estimate of drug-likeness (QED) is 0.855. The summed E-state index contributed by atoms with van der Waals surface area (Å²) in [7, 11) is 3.48. The van der Waals surface area contributed by atoms with Gasteiger partial charge >= 0.3 is 0 Å². The first-order valence-corrected chi connectivity index (χ1v) is 7.49. The lowest BCUT2D eigenvalue weighted by molar-refractivity contribution is -0.0279. The predicted octanol–water partition coefficient (Wildman–Crippen LogP) is 1.35. The molecule has 2 aromatic heterocycles. The van der Waals surface area contributed by atoms with Crippen LogP contribution >= 0.6 is 0 Å². The summed E-state index contributed by atoms with van der Waals surface area (Å²) >= 11 is 0. The molecule has 0 aliphatic carbocycles. The van der Waals surface area contributed by atoms with Gasteiger partial charge < -0.3 is 18.9 Å². The van der Waals surface area contributed by atoms with Gasteiger partial charge in [0.25, 0.3) is 5.91 Å². The fourth-order valence-corrected chi connectivity index (χ4v) is 2.73. The number of amides is 1. The van der Waals surface area contributed by atoms with Gasteiger partial charge in [0.1, 0.15) is 11.9 Å². The lowest BCUT2D eigenvalue weighted by Crippen LogP contribution is -2.42. The van der Waals surface area contributed by atoms with Gasteiger partial charge in [0.05, 0.1) is 31.5 Å². The van der Waals surface area contributed by atoms with Crippen molar-refractivity contribution in [3.63, 3.8) is 0 Å². The van der Waals surface area contributed by atoms with Crippen molar-refractivity contribution in [1.82, 2.24) is 19.4 Å². The molecule has 1 atom stereocenters. The number of methoxy groups -OCH3 is 1. The Morgan fingerprint density at radius 1 is 1.43 bits per heavy atom. The molecule has 1 fully saturated rings. The van der Waals surface area contributed by atoms with E-state index >= 15 is 0 Å². The first-order valence-electron chi connectivity index (χ1n) is 7.49. The highest BCUT2D eigenvalue weighted by molar-refractivity contribution is 5.94. The second kappa shape index (κ2) is 6.37. The Morgan fingerprint density at radius 2 is 2.26 bits per heavy atom. The highest BCUT2D eigenvalue weighted by Gasteiger charge is 2.28. The van der Waals surface area contributed by atoms with E-state index in [0.717, 1.165) is 11.5 Å². The largest absolute Gasteiger partial charge is 0.481 e. The number of rotatable bonds is 3. The maximum absolute atomic E-state index is 12.6. The molecular weight excluding hydrogens is 296 g/mol. The van der Waals surface area contributed by atoms with Gasteiger partial charge in [-0.3, -0.25) is 4.79 Å². The van der Waals surface area contributed by atoms with Crippen LogP contribution in [0.4, 0.5) is 0 Å². The molecule has 1 amide bonds. The monoisotopic (exact) mass is 316 g/mol. The normalized spacial score (nSPS) is 18.0. The third kappa shape index (κ3) is 3.19. The third-order valence-electron chi connectivity index (χ3n) is 3.87. The van der Waals surface area contributed by atoms with Gasteiger partial charge in [0, 0.05) is 32.1 Å². The van der Waals surface area contributed by atoms with Crippen molar-refractivity contribution in [2.45, 2.75) is 13.0 Å². The number of carbonyl (C=O) groups excluding carboxylic acids is 1. The second-order valence-electron chi connectivity index (χ2n) is 5.55. The zero-order chi connectivity index (χ0) is 16.4. The molecule has 3 rings (SSSR count). The highest BCUT2D eigenvalue weighted by atomic mass is 16.5. The van der Waals surface area contributed by atoms with Crippen LogP contribution in [0, 0.1) is 6.92 Å². The molecule has 1 saturated heterocycles. The second-order valence-corrected chi connectivity index (χ2v) is 5.55. The standard InChI is InChI=1S/C16H20N4O3/c1-11-9-19(2)15(18-11)13-10-20(6-7-23-13)16(21)12-4-5-14(22-3)17-8-12/h4-5,8-9,13H,6-7,10H2,1-3H3. The Balaban J connectivity index is 1.74. The molecule has 0 saturated carbocycles. The van der Waals surface area contributed by atoms with Crippen LogP contribution in [-0.2, 0) is 11.8 Å². The molecule has 122 valence electrons. The van der Waals surface area contributed by atoms with E-state index in [0.29, 0.717) is 31.1 Å². The molecule has 7 heteroatoms. The van der Waals surface area contributed by atoms with E-state index in [1.54, 1.807) is 24.1 Å². The maximum atomic E-state index is 12.6. The van der Waals surface area contributed by atoms with Gasteiger partial charge in [-0.25, -0.2) is 9.97 Å². The number of imidazole rings is 1. The fourth-order valence-electron chi connectivity index (χ4n) is 2.73. The summed E-state index contributed by atoms with van der Waals surface area (Å²) in [6, 6.07) is 3.41. The molecule has 1 aliphatic heterocycles. The van der Waals surface area contributed by atoms with E-state index in [-0.39, 0.29) is 12.0 Å². The zero-order valence-corrected chi connectivity index (χ0v) is 13.5. The van der Waals surface area contributed by atoms with E-state index in [9.17, 15) is 4.79 Å². The van der Waals surface area contributed by atoms with E-state index in [2.05, 4.69) is 9.97 Å². The van der Waals surface area contributed by atoms with Crippen molar-refractivity contribution >= 4 is 5.91 Å². The molecular formula is C16H20N4O3. The minimum Gasteiger partial charge on any atom is -0.481 e. The molecule has 0 N–H and O–H groups in total. The Hall–Kier alpha value is -2.41. The Kier molecular flexibility index (Phi) is 4.29. The Bertz CT molecular complexity index is 696. The van der Waals surface area contributed by atoms with Crippen LogP contribution < -0.4 is 4.74 Å². The molecule has 3 heterocycles. The molecule has 1 unspecified atom stereocenters. The summed E-state index contributed by atoms with van der Waals surface area (Å²) < 4.78 is 12.8. The molecule has 0 aromatic carbocycles. The molecule has 7 nitrogen and oxygen atoms in total. The van der Waals surface area contributed by atoms with Gasteiger partial charge in [0.15, 0.2) is 0 Å². The van der Waals surface area contributed by atoms with Crippen molar-refractivity contribution in [3.05, 3.63) is 41.6 Å². The molecule has 1 aliphatic rings. The van der Waals surface area contributed by atoms with Gasteiger partial charge in [-0.1, -0.05) is 0 Å². The lowest BCUT2D eigenvalue weighted by atomic mass is 10.2. The number of hydrogen-bond donors (Lipinski definition) is 0. The average Bonchev–Trinajstić information content (AvgIpc) is 2.93. The number of aromatic nitrogens is 3. The van der Waals surface area contributed by atoms with Crippen LogP contribution in [0.25, 0.3) is 0 Å². The summed E-state index contributed by atoms with van der Waals surface area (Å²) in [6.07, 6.45) is 3.28. The Labute approximate surface area is 134 Å². The van der Waals surface area contributed by atoms with Crippen LogP contribution in [0.2, 0.25) is 0 Å². The van der Waals surface area contributed by atoms with E-state index in [4.69, 9.17) is 9.47 Å². The summed E-state index contributed by atoms with van der Waals surface area (Å²) in [5.41, 5.74) is 1.48. The summed E-state index contributed by atoms with van der Waals surface area (Å²) in [4.78, 5) is 23.0.